The Hall–Kier alpha value is -0.810. The minimum absolute atomic E-state index is 0.251. The van der Waals surface area contributed by atoms with Crippen molar-refractivity contribution in [2.24, 2.45) is 17.8 Å². The number of hydrogen-bond donors (Lipinski definition) is 0. The number of hydrogen-bond acceptors (Lipinski definition) is 4. The highest BCUT2D eigenvalue weighted by Crippen LogP contribution is 2.64. The Morgan fingerprint density at radius 1 is 1.07 bits per heavy atom. The van der Waals surface area contributed by atoms with Crippen LogP contribution in [0.2, 0.25) is 0 Å². The van der Waals surface area contributed by atoms with Crippen molar-refractivity contribution < 1.29 is 9.53 Å². The molecule has 1 saturated heterocycles. The Labute approximate surface area is 177 Å². The van der Waals surface area contributed by atoms with Crippen LogP contribution in [-0.4, -0.2) is 39.5 Å². The van der Waals surface area contributed by atoms with Crippen LogP contribution in [0, 0.1) is 17.8 Å². The van der Waals surface area contributed by atoms with E-state index >= 15 is 0 Å². The number of thioether (sulfide) groups is 2. The first-order valence-corrected chi connectivity index (χ1v) is 12.9. The number of nitrogens with zero attached hydrogens (tertiary/aromatic N) is 1. The standard InChI is InChI=1S/C23H31NO2S2/c1-26-21-9-5-16(6-10-21)15-24(20-7-8-20)22(25)17-13-18-3-2-4-19(14-17)23(18)27-11-12-28-23/h5-6,9-10,17-20H,2-4,7-8,11-15H2,1H3. The largest absolute Gasteiger partial charge is 0.497 e. The van der Waals surface area contributed by atoms with E-state index in [-0.39, 0.29) is 5.92 Å². The topological polar surface area (TPSA) is 29.5 Å². The van der Waals surface area contributed by atoms with Crippen molar-refractivity contribution in [3.05, 3.63) is 29.8 Å². The van der Waals surface area contributed by atoms with E-state index in [9.17, 15) is 4.79 Å². The summed E-state index contributed by atoms with van der Waals surface area (Å²) in [6.07, 6.45) is 8.65. The highest BCUT2D eigenvalue weighted by molar-refractivity contribution is 8.21. The van der Waals surface area contributed by atoms with Gasteiger partial charge in [0.2, 0.25) is 5.91 Å². The number of amides is 1. The van der Waals surface area contributed by atoms with Gasteiger partial charge in [0.15, 0.2) is 0 Å². The van der Waals surface area contributed by atoms with Gasteiger partial charge in [-0.1, -0.05) is 18.6 Å². The van der Waals surface area contributed by atoms with Crippen LogP contribution in [0.4, 0.5) is 0 Å². The fourth-order valence-corrected chi connectivity index (χ4v) is 9.68. The summed E-state index contributed by atoms with van der Waals surface area (Å²) in [5.41, 5.74) is 1.22. The molecule has 0 radical (unpaired) electrons. The second-order valence-electron chi connectivity index (χ2n) is 8.96. The molecular formula is C23H31NO2S2. The zero-order chi connectivity index (χ0) is 19.1. The van der Waals surface area contributed by atoms with E-state index in [4.69, 9.17) is 4.74 Å². The predicted octanol–water partition coefficient (Wildman–Crippen LogP) is 5.19. The molecule has 0 N–H and O–H groups in total. The maximum atomic E-state index is 13.6. The van der Waals surface area contributed by atoms with Crippen LogP contribution in [0.15, 0.2) is 24.3 Å². The van der Waals surface area contributed by atoms with Crippen molar-refractivity contribution in [3.63, 3.8) is 0 Å². The molecule has 1 aliphatic heterocycles. The summed E-state index contributed by atoms with van der Waals surface area (Å²) in [6.45, 7) is 0.758. The monoisotopic (exact) mass is 417 g/mol. The van der Waals surface area contributed by atoms with Gasteiger partial charge in [0.1, 0.15) is 5.75 Å². The molecule has 5 heteroatoms. The average molecular weight is 418 g/mol. The van der Waals surface area contributed by atoms with Crippen LogP contribution in [-0.2, 0) is 11.3 Å². The minimum atomic E-state index is 0.251. The van der Waals surface area contributed by atoms with Crippen LogP contribution in [0.1, 0.15) is 50.5 Å². The highest BCUT2D eigenvalue weighted by atomic mass is 32.2. The maximum absolute atomic E-state index is 13.6. The fourth-order valence-electron chi connectivity index (χ4n) is 5.75. The van der Waals surface area contributed by atoms with Gasteiger partial charge in [-0.3, -0.25) is 4.79 Å². The van der Waals surface area contributed by atoms with Crippen molar-refractivity contribution in [1.82, 2.24) is 4.90 Å². The summed E-state index contributed by atoms with van der Waals surface area (Å²) in [5.74, 6) is 5.68. The van der Waals surface area contributed by atoms with Gasteiger partial charge in [0.05, 0.1) is 11.2 Å². The first-order valence-electron chi connectivity index (χ1n) is 10.9. The Kier molecular flexibility index (Phi) is 5.33. The lowest BCUT2D eigenvalue weighted by Gasteiger charge is -2.52. The molecule has 1 aromatic rings. The molecule has 2 atom stereocenters. The van der Waals surface area contributed by atoms with E-state index in [2.05, 4.69) is 40.6 Å². The van der Waals surface area contributed by atoms with Gasteiger partial charge in [-0.05, 0) is 68.1 Å². The van der Waals surface area contributed by atoms with E-state index in [1.54, 1.807) is 7.11 Å². The Morgan fingerprint density at radius 2 is 1.71 bits per heavy atom. The number of carbonyl (C=O) groups is 1. The van der Waals surface area contributed by atoms with Crippen LogP contribution >= 0.6 is 23.5 Å². The van der Waals surface area contributed by atoms with Crippen molar-refractivity contribution >= 4 is 29.4 Å². The average Bonchev–Trinajstić information content (AvgIpc) is 3.44. The normalized spacial score (nSPS) is 31.0. The molecular weight excluding hydrogens is 386 g/mol. The van der Waals surface area contributed by atoms with E-state index in [1.165, 1.54) is 49.2 Å². The van der Waals surface area contributed by atoms with Crippen LogP contribution in [0.25, 0.3) is 0 Å². The lowest BCUT2D eigenvalue weighted by atomic mass is 9.66. The number of benzene rings is 1. The molecule has 0 aromatic heterocycles. The van der Waals surface area contributed by atoms with Gasteiger partial charge in [-0.15, -0.1) is 23.5 Å². The fraction of sp³-hybridized carbons (Fsp3) is 0.696. The molecule has 5 rings (SSSR count). The second kappa shape index (κ2) is 7.79. The summed E-state index contributed by atoms with van der Waals surface area (Å²) in [7, 11) is 1.70. The first-order chi connectivity index (χ1) is 13.7. The predicted molar refractivity (Wildman–Crippen MR) is 118 cm³/mol. The molecule has 152 valence electrons. The lowest BCUT2D eigenvalue weighted by Crippen LogP contribution is -2.50. The first kappa shape index (κ1) is 19.2. The van der Waals surface area contributed by atoms with Crippen LogP contribution < -0.4 is 4.74 Å². The summed E-state index contributed by atoms with van der Waals surface area (Å²) in [4.78, 5) is 15.8. The van der Waals surface area contributed by atoms with E-state index < -0.39 is 0 Å². The molecule has 1 spiro atoms. The quantitative estimate of drug-likeness (QED) is 0.659. The molecule has 4 aliphatic rings. The zero-order valence-corrected chi connectivity index (χ0v) is 18.4. The van der Waals surface area contributed by atoms with Gasteiger partial charge in [0.25, 0.3) is 0 Å². The molecule has 1 amide bonds. The Balaban J connectivity index is 1.31. The second-order valence-corrected chi connectivity index (χ2v) is 12.0. The molecule has 1 aromatic carbocycles. The molecule has 4 fully saturated rings. The Bertz CT molecular complexity index is 696. The molecule has 28 heavy (non-hydrogen) atoms. The SMILES string of the molecule is COc1ccc(CN(C(=O)C2CC3CCCC(C2)C32SCCS2)C2CC2)cc1. The summed E-state index contributed by atoms with van der Waals surface area (Å²) < 4.78 is 5.73. The van der Waals surface area contributed by atoms with Crippen molar-refractivity contribution in [2.45, 2.75) is 61.6 Å². The zero-order valence-electron chi connectivity index (χ0n) is 16.8. The summed E-state index contributed by atoms with van der Waals surface area (Å²) in [6, 6.07) is 8.71. The van der Waals surface area contributed by atoms with Crippen molar-refractivity contribution in [1.29, 1.82) is 0 Å². The van der Waals surface area contributed by atoms with Gasteiger partial charge >= 0.3 is 0 Å². The van der Waals surface area contributed by atoms with Crippen molar-refractivity contribution in [3.8, 4) is 5.75 Å². The molecule has 3 nitrogen and oxygen atoms in total. The Morgan fingerprint density at radius 3 is 2.29 bits per heavy atom. The van der Waals surface area contributed by atoms with Gasteiger partial charge < -0.3 is 9.64 Å². The van der Waals surface area contributed by atoms with E-state index in [1.807, 2.05) is 12.1 Å². The number of carbonyl (C=O) groups excluding carboxylic acids is 1. The molecule has 1 heterocycles. The highest BCUT2D eigenvalue weighted by Gasteiger charge is 2.55. The van der Waals surface area contributed by atoms with Crippen LogP contribution in [0.3, 0.4) is 0 Å². The third kappa shape index (κ3) is 3.47. The molecule has 2 bridgehead atoms. The van der Waals surface area contributed by atoms with E-state index in [0.29, 0.717) is 16.0 Å². The third-order valence-electron chi connectivity index (χ3n) is 7.25. The number of methoxy groups -OCH3 is 1. The smallest absolute Gasteiger partial charge is 0.226 e. The molecule has 3 saturated carbocycles. The van der Waals surface area contributed by atoms with E-state index in [0.717, 1.165) is 37.0 Å². The van der Waals surface area contributed by atoms with Crippen molar-refractivity contribution in [2.75, 3.05) is 18.6 Å². The third-order valence-corrected chi connectivity index (χ3v) is 11.3. The molecule has 3 aliphatic carbocycles. The van der Waals surface area contributed by atoms with Crippen LogP contribution in [0.5, 0.6) is 5.75 Å². The maximum Gasteiger partial charge on any atom is 0.226 e. The minimum Gasteiger partial charge on any atom is -0.497 e. The van der Waals surface area contributed by atoms with Gasteiger partial charge in [0, 0.05) is 30.0 Å². The van der Waals surface area contributed by atoms with Gasteiger partial charge in [-0.2, -0.15) is 0 Å². The summed E-state index contributed by atoms with van der Waals surface area (Å²) >= 11 is 4.46. The lowest BCUT2D eigenvalue weighted by molar-refractivity contribution is -0.139. The number of rotatable bonds is 5. The van der Waals surface area contributed by atoms with Gasteiger partial charge in [-0.25, -0.2) is 0 Å². The number of ether oxygens (including phenoxy) is 1. The summed E-state index contributed by atoms with van der Waals surface area (Å²) in [5, 5.41) is 0. The molecule has 2 unspecified atom stereocenters.